The topological polar surface area (TPSA) is 12.9 Å². The van der Waals surface area contributed by atoms with Crippen LogP contribution in [0.25, 0.3) is 0 Å². The Morgan fingerprint density at radius 3 is 2.93 bits per heavy atom. The summed E-state index contributed by atoms with van der Waals surface area (Å²) in [6.45, 7) is 2.27. The highest BCUT2D eigenvalue weighted by atomic mass is 14.7. The second-order valence-corrected chi connectivity index (χ2v) is 4.71. The Hall–Kier alpha value is -0.850. The van der Waals surface area contributed by atoms with Crippen LogP contribution in [-0.4, -0.2) is 4.98 Å². The Bertz CT molecular complexity index is 281. The first-order valence-electron chi connectivity index (χ1n) is 6.32. The van der Waals surface area contributed by atoms with Crippen molar-refractivity contribution in [1.29, 1.82) is 0 Å². The van der Waals surface area contributed by atoms with Gasteiger partial charge in [0.25, 0.3) is 0 Å². The third-order valence-corrected chi connectivity index (χ3v) is 3.42. The van der Waals surface area contributed by atoms with Crippen molar-refractivity contribution in [3.63, 3.8) is 0 Å². The van der Waals surface area contributed by atoms with Gasteiger partial charge >= 0.3 is 0 Å². The number of rotatable bonds is 6. The average molecular weight is 203 g/mol. The molecule has 1 heterocycles. The third kappa shape index (κ3) is 3.05. The minimum absolute atomic E-state index is 0.785. The van der Waals surface area contributed by atoms with Crippen molar-refractivity contribution in [2.75, 3.05) is 0 Å². The minimum atomic E-state index is 0.785. The number of nitrogens with zero attached hydrogens (tertiary/aromatic N) is 1. The van der Waals surface area contributed by atoms with Crippen molar-refractivity contribution in [2.45, 2.75) is 51.4 Å². The molecule has 2 rings (SSSR count). The van der Waals surface area contributed by atoms with E-state index in [1.54, 1.807) is 0 Å². The molecule has 1 aromatic heterocycles. The fraction of sp³-hybridized carbons (Fsp3) is 0.643. The van der Waals surface area contributed by atoms with E-state index in [9.17, 15) is 0 Å². The molecule has 0 spiro atoms. The van der Waals surface area contributed by atoms with Gasteiger partial charge in [-0.05, 0) is 30.9 Å². The van der Waals surface area contributed by atoms with Crippen LogP contribution in [0.3, 0.4) is 0 Å². The smallest absolute Gasteiger partial charge is 0.0437 e. The summed E-state index contributed by atoms with van der Waals surface area (Å²) in [5.74, 6) is 1.73. The summed E-state index contributed by atoms with van der Waals surface area (Å²) in [6.07, 6.45) is 10.3. The summed E-state index contributed by atoms with van der Waals surface area (Å²) in [5.41, 5.74) is 1.32. The predicted octanol–water partition coefficient (Wildman–Crippen LogP) is 4.16. The maximum atomic E-state index is 4.44. The lowest BCUT2D eigenvalue weighted by Crippen LogP contribution is -1.87. The van der Waals surface area contributed by atoms with Crippen LogP contribution in [0.5, 0.6) is 0 Å². The number of pyridine rings is 1. The van der Waals surface area contributed by atoms with Crippen molar-refractivity contribution in [3.05, 3.63) is 30.1 Å². The van der Waals surface area contributed by atoms with Crippen LogP contribution in [-0.2, 0) is 0 Å². The predicted molar refractivity (Wildman–Crippen MR) is 63.8 cm³/mol. The highest BCUT2D eigenvalue weighted by Crippen LogP contribution is 2.49. The summed E-state index contributed by atoms with van der Waals surface area (Å²) >= 11 is 0. The highest BCUT2D eigenvalue weighted by Gasteiger charge is 2.38. The van der Waals surface area contributed by atoms with Crippen molar-refractivity contribution < 1.29 is 0 Å². The monoisotopic (exact) mass is 203 g/mol. The van der Waals surface area contributed by atoms with Crippen LogP contribution in [0.2, 0.25) is 0 Å². The fourth-order valence-corrected chi connectivity index (χ4v) is 2.36. The molecular weight excluding hydrogens is 182 g/mol. The van der Waals surface area contributed by atoms with Crippen molar-refractivity contribution in [3.8, 4) is 0 Å². The first-order valence-corrected chi connectivity index (χ1v) is 6.32. The van der Waals surface area contributed by atoms with Gasteiger partial charge in [0.2, 0.25) is 0 Å². The lowest BCUT2D eigenvalue weighted by atomic mass is 10.1. The van der Waals surface area contributed by atoms with Gasteiger partial charge in [0.15, 0.2) is 0 Å². The van der Waals surface area contributed by atoms with Crippen molar-refractivity contribution in [2.24, 2.45) is 5.92 Å². The van der Waals surface area contributed by atoms with Crippen LogP contribution in [0, 0.1) is 5.92 Å². The SMILES string of the molecule is CCCCCC[C@@H]1C[C@H]1c1ccccn1. The molecule has 0 amide bonds. The lowest BCUT2D eigenvalue weighted by molar-refractivity contribution is 0.587. The fourth-order valence-electron chi connectivity index (χ4n) is 2.36. The first kappa shape index (κ1) is 10.7. The summed E-state index contributed by atoms with van der Waals surface area (Å²) in [4.78, 5) is 4.44. The molecule has 1 fully saturated rings. The van der Waals surface area contributed by atoms with Crippen molar-refractivity contribution >= 4 is 0 Å². The van der Waals surface area contributed by atoms with E-state index in [1.807, 2.05) is 12.3 Å². The maximum Gasteiger partial charge on any atom is 0.0437 e. The molecule has 0 saturated heterocycles. The summed E-state index contributed by atoms with van der Waals surface area (Å²) in [5, 5.41) is 0. The molecule has 0 bridgehead atoms. The van der Waals surface area contributed by atoms with E-state index in [0.717, 1.165) is 11.8 Å². The van der Waals surface area contributed by atoms with E-state index in [2.05, 4.69) is 24.0 Å². The van der Waals surface area contributed by atoms with E-state index in [-0.39, 0.29) is 0 Å². The molecule has 1 aliphatic carbocycles. The van der Waals surface area contributed by atoms with E-state index in [1.165, 1.54) is 44.2 Å². The summed E-state index contributed by atoms with van der Waals surface area (Å²) in [7, 11) is 0. The molecule has 2 atom stereocenters. The quantitative estimate of drug-likeness (QED) is 0.633. The molecule has 0 aliphatic heterocycles. The zero-order chi connectivity index (χ0) is 10.5. The molecule has 0 radical (unpaired) electrons. The molecule has 0 aromatic carbocycles. The summed E-state index contributed by atoms with van der Waals surface area (Å²) in [6, 6.07) is 6.29. The zero-order valence-corrected chi connectivity index (χ0v) is 9.65. The van der Waals surface area contributed by atoms with Gasteiger partial charge in [0.05, 0.1) is 0 Å². The number of hydrogen-bond donors (Lipinski definition) is 0. The van der Waals surface area contributed by atoms with Crippen LogP contribution in [0.4, 0.5) is 0 Å². The molecule has 1 aliphatic rings. The number of hydrogen-bond acceptors (Lipinski definition) is 1. The molecule has 1 heteroatoms. The summed E-state index contributed by atoms with van der Waals surface area (Å²) < 4.78 is 0. The molecule has 0 unspecified atom stereocenters. The van der Waals surface area contributed by atoms with Gasteiger partial charge in [-0.2, -0.15) is 0 Å². The van der Waals surface area contributed by atoms with E-state index >= 15 is 0 Å². The van der Waals surface area contributed by atoms with Gasteiger partial charge in [-0.25, -0.2) is 0 Å². The van der Waals surface area contributed by atoms with E-state index in [0.29, 0.717) is 0 Å². The lowest BCUT2D eigenvalue weighted by Gasteiger charge is -2.00. The maximum absolute atomic E-state index is 4.44. The van der Waals surface area contributed by atoms with Gasteiger partial charge in [-0.1, -0.05) is 38.7 Å². The minimum Gasteiger partial charge on any atom is -0.261 e. The van der Waals surface area contributed by atoms with Gasteiger partial charge in [0.1, 0.15) is 0 Å². The van der Waals surface area contributed by atoms with Gasteiger partial charge < -0.3 is 0 Å². The Kier molecular flexibility index (Phi) is 3.76. The van der Waals surface area contributed by atoms with Gasteiger partial charge in [0, 0.05) is 17.8 Å². The average Bonchev–Trinajstić information content (AvgIpc) is 3.05. The molecule has 1 saturated carbocycles. The Labute approximate surface area is 92.9 Å². The number of aromatic nitrogens is 1. The normalized spacial score (nSPS) is 24.1. The molecule has 0 N–H and O–H groups in total. The molecular formula is C14H21N. The number of unbranched alkanes of at least 4 members (excludes halogenated alkanes) is 3. The van der Waals surface area contributed by atoms with Crippen LogP contribution >= 0.6 is 0 Å². The van der Waals surface area contributed by atoms with E-state index in [4.69, 9.17) is 0 Å². The highest BCUT2D eigenvalue weighted by molar-refractivity contribution is 5.17. The Morgan fingerprint density at radius 2 is 2.20 bits per heavy atom. The second-order valence-electron chi connectivity index (χ2n) is 4.71. The zero-order valence-electron chi connectivity index (χ0n) is 9.65. The largest absolute Gasteiger partial charge is 0.261 e. The molecule has 1 aromatic rings. The Morgan fingerprint density at radius 1 is 1.27 bits per heavy atom. The second kappa shape index (κ2) is 5.29. The standard InChI is InChI=1S/C14H21N/c1-2-3-4-5-8-12-11-13(12)14-9-6-7-10-15-14/h6-7,9-10,12-13H,2-5,8,11H2,1H3/t12-,13-/m1/s1. The van der Waals surface area contributed by atoms with Gasteiger partial charge in [-0.15, -0.1) is 0 Å². The van der Waals surface area contributed by atoms with Gasteiger partial charge in [-0.3, -0.25) is 4.98 Å². The van der Waals surface area contributed by atoms with Crippen LogP contribution in [0.15, 0.2) is 24.4 Å². The Balaban J connectivity index is 1.68. The van der Waals surface area contributed by atoms with E-state index < -0.39 is 0 Å². The molecule has 82 valence electrons. The first-order chi connectivity index (χ1) is 7.42. The third-order valence-electron chi connectivity index (χ3n) is 3.42. The van der Waals surface area contributed by atoms with Crippen molar-refractivity contribution in [1.82, 2.24) is 4.98 Å². The molecule has 1 nitrogen and oxygen atoms in total. The molecule has 15 heavy (non-hydrogen) atoms. The van der Waals surface area contributed by atoms with Crippen LogP contribution < -0.4 is 0 Å². The van der Waals surface area contributed by atoms with Crippen LogP contribution in [0.1, 0.15) is 57.1 Å².